The van der Waals surface area contributed by atoms with Crippen molar-refractivity contribution in [1.82, 2.24) is 0 Å². The van der Waals surface area contributed by atoms with E-state index in [1.54, 1.807) is 24.3 Å². The van der Waals surface area contributed by atoms with Crippen LogP contribution >= 0.6 is 0 Å². The molecule has 2 rings (SSSR count). The first kappa shape index (κ1) is 15.9. The fourth-order valence-corrected chi connectivity index (χ4v) is 3.10. The van der Waals surface area contributed by atoms with E-state index in [1.807, 2.05) is 42.2 Å². The molecule has 0 N–H and O–H groups in total. The summed E-state index contributed by atoms with van der Waals surface area (Å²) in [6.07, 6.45) is 0.796. The number of esters is 1. The van der Waals surface area contributed by atoms with Gasteiger partial charge in [-0.3, -0.25) is 0 Å². The summed E-state index contributed by atoms with van der Waals surface area (Å²) in [5, 5.41) is 0. The number of ether oxygens (including phenoxy) is 1. The second-order valence-corrected chi connectivity index (χ2v) is 10.1. The Balaban J connectivity index is 2.01. The first-order valence-corrected chi connectivity index (χ1v) is 11.4. The number of carbonyl (C=O) groups is 1. The Morgan fingerprint density at radius 3 is 2.29 bits per heavy atom. The molecule has 0 spiro atoms. The number of para-hydroxylation sites is 1. The minimum absolute atomic E-state index is 0.246. The van der Waals surface area contributed by atoms with Crippen LogP contribution in [-0.2, 0) is 9.53 Å². The van der Waals surface area contributed by atoms with Crippen LogP contribution < -0.4 is 4.74 Å². The molecule has 0 saturated carbocycles. The molecule has 0 amide bonds. The van der Waals surface area contributed by atoms with Gasteiger partial charge in [-0.05, 0) is 0 Å². The van der Waals surface area contributed by atoms with Crippen molar-refractivity contribution in [3.63, 3.8) is 0 Å². The molecule has 0 radical (unpaired) electrons. The molecule has 1 unspecified atom stereocenters. The van der Waals surface area contributed by atoms with E-state index < -0.39 is 19.5 Å². The Kier molecular flexibility index (Phi) is 5.67. The molecule has 2 aromatic carbocycles. The van der Waals surface area contributed by atoms with Crippen molar-refractivity contribution < 1.29 is 12.6 Å². The molecule has 0 saturated heterocycles. The van der Waals surface area contributed by atoms with E-state index >= 15 is 0 Å². The third-order valence-corrected chi connectivity index (χ3v) is 6.94. The average molecular weight is 398 g/mol. The zero-order valence-corrected chi connectivity index (χ0v) is 14.4. The van der Waals surface area contributed by atoms with Crippen molar-refractivity contribution >= 4 is 25.5 Å². The van der Waals surface area contributed by atoms with Crippen LogP contribution in [-0.4, -0.2) is 25.5 Å². The molecule has 0 fully saturated rings. The fraction of sp³-hybridized carbons (Fsp3) is 0.235. The summed E-state index contributed by atoms with van der Waals surface area (Å²) >= 11 is -2.14. The van der Waals surface area contributed by atoms with E-state index in [2.05, 4.69) is 0 Å². The first-order chi connectivity index (χ1) is 10.1. The maximum absolute atomic E-state index is 12.0. The molecule has 1 atom stereocenters. The molecule has 0 aliphatic carbocycles. The molecule has 0 aromatic heterocycles. The number of benzene rings is 2. The Hall–Kier alpha value is -1.50. The minimum atomic E-state index is -2.14. The zero-order chi connectivity index (χ0) is 15.2. The number of rotatable bonds is 5. The molecular weight excluding hydrogens is 380 g/mol. The van der Waals surface area contributed by atoms with Gasteiger partial charge in [0.05, 0.1) is 0 Å². The summed E-state index contributed by atoms with van der Waals surface area (Å²) in [6, 6.07) is 16.3. The predicted molar refractivity (Wildman–Crippen MR) is 83.3 cm³/mol. The molecular formula is C17H18O3Te. The molecule has 0 heterocycles. The van der Waals surface area contributed by atoms with Gasteiger partial charge in [0.25, 0.3) is 0 Å². The molecule has 21 heavy (non-hydrogen) atoms. The van der Waals surface area contributed by atoms with Crippen LogP contribution in [0.4, 0.5) is 0 Å². The Bertz CT molecular complexity index is 620. The van der Waals surface area contributed by atoms with Crippen molar-refractivity contribution in [2.75, 3.05) is 0 Å². The molecule has 0 bridgehead atoms. The van der Waals surface area contributed by atoms with Crippen LogP contribution in [0.3, 0.4) is 0 Å². The van der Waals surface area contributed by atoms with Crippen LogP contribution in [0, 0.1) is 0 Å². The van der Waals surface area contributed by atoms with Crippen LogP contribution in [0.1, 0.15) is 22.8 Å². The summed E-state index contributed by atoms with van der Waals surface area (Å²) in [5.74, 6) is 0.169. The summed E-state index contributed by atoms with van der Waals surface area (Å²) < 4.78 is 17.0. The van der Waals surface area contributed by atoms with Crippen LogP contribution in [0.5, 0.6) is 5.75 Å². The van der Waals surface area contributed by atoms with Gasteiger partial charge in [0.1, 0.15) is 0 Å². The first-order valence-electron chi connectivity index (χ1n) is 6.74. The Morgan fingerprint density at radius 2 is 1.71 bits per heavy atom. The second kappa shape index (κ2) is 7.49. The molecule has 4 heteroatoms. The van der Waals surface area contributed by atoms with E-state index in [0.717, 1.165) is 12.0 Å². The van der Waals surface area contributed by atoms with E-state index in [0.29, 0.717) is 11.3 Å². The molecule has 110 valence electrons. The van der Waals surface area contributed by atoms with Crippen molar-refractivity contribution in [2.45, 2.75) is 22.3 Å². The standard InChI is InChI=1S/C17H18O3Te/c1-13(21(2)19)12-14-8-10-15(11-9-14)17(18)20-16-6-4-3-5-7-16/h3-11,13H,12H2,1-2H3. The molecule has 2 aromatic rings. The SMILES string of the molecule is CC(Cc1ccc(C(=O)Oc2ccccc2)cc1)[Te](C)=O. The predicted octanol–water partition coefficient (Wildman–Crippen LogP) is 3.89. The zero-order valence-electron chi connectivity index (χ0n) is 12.1. The Morgan fingerprint density at radius 1 is 1.10 bits per heavy atom. The molecule has 0 aliphatic heterocycles. The Labute approximate surface area is 132 Å². The van der Waals surface area contributed by atoms with Crippen LogP contribution in [0.25, 0.3) is 0 Å². The maximum atomic E-state index is 12.0. The van der Waals surface area contributed by atoms with Crippen molar-refractivity contribution in [3.8, 4) is 5.75 Å². The third kappa shape index (κ3) is 4.77. The van der Waals surface area contributed by atoms with E-state index in [-0.39, 0.29) is 9.94 Å². The van der Waals surface area contributed by atoms with Gasteiger partial charge in [-0.1, -0.05) is 0 Å². The average Bonchev–Trinajstić information content (AvgIpc) is 2.48. The number of hydrogen-bond acceptors (Lipinski definition) is 3. The summed E-state index contributed by atoms with van der Waals surface area (Å²) in [7, 11) is 0. The van der Waals surface area contributed by atoms with Crippen molar-refractivity contribution in [2.24, 2.45) is 0 Å². The van der Waals surface area contributed by atoms with Gasteiger partial charge < -0.3 is 0 Å². The topological polar surface area (TPSA) is 43.4 Å². The summed E-state index contributed by atoms with van der Waals surface area (Å²) in [6.45, 7) is 2.02. The molecule has 0 aliphatic rings. The van der Waals surface area contributed by atoms with Gasteiger partial charge in [0.2, 0.25) is 0 Å². The van der Waals surface area contributed by atoms with Crippen LogP contribution in [0.15, 0.2) is 54.6 Å². The van der Waals surface area contributed by atoms with Gasteiger partial charge in [-0.2, -0.15) is 0 Å². The van der Waals surface area contributed by atoms with Gasteiger partial charge in [-0.25, -0.2) is 0 Å². The van der Waals surface area contributed by atoms with Gasteiger partial charge in [0, 0.05) is 0 Å². The van der Waals surface area contributed by atoms with Crippen molar-refractivity contribution in [1.29, 1.82) is 0 Å². The summed E-state index contributed by atoms with van der Waals surface area (Å²) in [5.41, 5.74) is 1.62. The van der Waals surface area contributed by atoms with E-state index in [1.165, 1.54) is 0 Å². The fourth-order valence-electron chi connectivity index (χ4n) is 1.88. The van der Waals surface area contributed by atoms with E-state index in [4.69, 9.17) is 4.74 Å². The summed E-state index contributed by atoms with van der Waals surface area (Å²) in [4.78, 5) is 13.8. The number of hydrogen-bond donors (Lipinski definition) is 0. The monoisotopic (exact) mass is 400 g/mol. The second-order valence-electron chi connectivity index (χ2n) is 4.91. The number of carbonyl (C=O) groups excluding carboxylic acids is 1. The third-order valence-electron chi connectivity index (χ3n) is 3.23. The molecule has 3 nitrogen and oxygen atoms in total. The van der Waals surface area contributed by atoms with Gasteiger partial charge in [-0.15, -0.1) is 0 Å². The quantitative estimate of drug-likeness (QED) is 0.436. The van der Waals surface area contributed by atoms with Crippen LogP contribution in [0.2, 0.25) is 8.94 Å². The van der Waals surface area contributed by atoms with Gasteiger partial charge >= 0.3 is 132 Å². The normalized spacial score (nSPS) is 12.1. The van der Waals surface area contributed by atoms with Crippen molar-refractivity contribution in [3.05, 3.63) is 65.7 Å². The van der Waals surface area contributed by atoms with E-state index in [9.17, 15) is 7.90 Å². The van der Waals surface area contributed by atoms with Gasteiger partial charge in [0.15, 0.2) is 0 Å².